The van der Waals surface area contributed by atoms with Crippen LogP contribution in [0.5, 0.6) is 5.75 Å². The first kappa shape index (κ1) is 26.3. The molecule has 0 bridgehead atoms. The van der Waals surface area contributed by atoms with Crippen LogP contribution in [0.1, 0.15) is 11.1 Å². The maximum Gasteiger partial charge on any atom is 0.264 e. The van der Waals surface area contributed by atoms with Crippen molar-refractivity contribution in [2.75, 3.05) is 16.3 Å². The second-order valence-corrected chi connectivity index (χ2v) is 12.3. The van der Waals surface area contributed by atoms with Crippen molar-refractivity contribution in [3.63, 3.8) is 0 Å². The zero-order valence-electron chi connectivity index (χ0n) is 19.9. The summed E-state index contributed by atoms with van der Waals surface area (Å²) in [5.74, 6) is -3.93. The molecule has 3 aromatic carbocycles. The highest BCUT2D eigenvalue weighted by Gasteiger charge is 2.29. The summed E-state index contributed by atoms with van der Waals surface area (Å²) in [6, 6.07) is 10.1. The van der Waals surface area contributed by atoms with Gasteiger partial charge in [-0.15, -0.1) is 0 Å². The van der Waals surface area contributed by atoms with Crippen LogP contribution in [0.4, 0.5) is 24.5 Å². The number of sulfonamides is 1. The van der Waals surface area contributed by atoms with E-state index >= 15 is 0 Å². The molecule has 0 aliphatic carbocycles. The Bertz CT molecular complexity index is 1990. The van der Waals surface area contributed by atoms with Gasteiger partial charge >= 0.3 is 0 Å². The average Bonchev–Trinajstić information content (AvgIpc) is 2.83. The van der Waals surface area contributed by atoms with E-state index in [4.69, 9.17) is 0 Å². The Morgan fingerprint density at radius 3 is 2.33 bits per heavy atom. The van der Waals surface area contributed by atoms with Crippen LogP contribution in [0, 0.1) is 17.5 Å². The van der Waals surface area contributed by atoms with Gasteiger partial charge in [0.25, 0.3) is 5.56 Å². The molecule has 1 aliphatic heterocycles. The molecule has 0 atom stereocenters. The molecule has 1 aliphatic rings. The average molecular weight is 578 g/mol. The monoisotopic (exact) mass is 577 g/mol. The third-order valence-corrected chi connectivity index (χ3v) is 8.04. The number of aromatic hydroxyl groups is 1. The van der Waals surface area contributed by atoms with Crippen molar-refractivity contribution in [3.05, 3.63) is 98.9 Å². The number of anilines is 2. The van der Waals surface area contributed by atoms with Crippen molar-refractivity contribution in [2.24, 2.45) is 0 Å². The molecule has 0 amide bonds. The molecular weight excluding hydrogens is 559 g/mol. The van der Waals surface area contributed by atoms with Gasteiger partial charge in [-0.3, -0.25) is 9.52 Å². The molecule has 5 rings (SSSR count). The molecule has 0 saturated carbocycles. The van der Waals surface area contributed by atoms with Crippen LogP contribution < -0.4 is 15.6 Å². The fourth-order valence-electron chi connectivity index (χ4n) is 4.25. The van der Waals surface area contributed by atoms with Crippen molar-refractivity contribution in [1.82, 2.24) is 4.57 Å². The lowest BCUT2D eigenvalue weighted by molar-refractivity contribution is 0.475. The smallest absolute Gasteiger partial charge is 0.264 e. The molecular formula is C25H18F3N3O6S2. The number of aromatic nitrogens is 1. The van der Waals surface area contributed by atoms with Crippen molar-refractivity contribution in [2.45, 2.75) is 11.4 Å². The topological polar surface area (TPSA) is 135 Å². The van der Waals surface area contributed by atoms with E-state index in [1.54, 1.807) is 0 Å². The van der Waals surface area contributed by atoms with Crippen molar-refractivity contribution in [1.29, 1.82) is 0 Å². The largest absolute Gasteiger partial charge is 0.506 e. The number of pyridine rings is 1. The molecule has 1 aromatic heterocycles. The molecule has 202 valence electrons. The van der Waals surface area contributed by atoms with Crippen LogP contribution in [-0.2, 0) is 26.4 Å². The van der Waals surface area contributed by atoms with Crippen LogP contribution >= 0.6 is 0 Å². The van der Waals surface area contributed by atoms with E-state index in [0.717, 1.165) is 35.1 Å². The van der Waals surface area contributed by atoms with Gasteiger partial charge in [0.2, 0.25) is 19.9 Å². The molecule has 14 heteroatoms. The lowest BCUT2D eigenvalue weighted by Crippen LogP contribution is -2.27. The molecule has 0 radical (unpaired) electrons. The van der Waals surface area contributed by atoms with Crippen molar-refractivity contribution >= 4 is 47.8 Å². The zero-order valence-corrected chi connectivity index (χ0v) is 21.5. The van der Waals surface area contributed by atoms with Crippen LogP contribution in [0.25, 0.3) is 16.6 Å². The van der Waals surface area contributed by atoms with Crippen LogP contribution in [-0.4, -0.2) is 32.8 Å². The van der Waals surface area contributed by atoms with E-state index in [2.05, 4.69) is 10.0 Å². The van der Waals surface area contributed by atoms with Gasteiger partial charge in [0.1, 0.15) is 17.1 Å². The number of nitrogens with one attached hydrogen (secondary N) is 2. The fourth-order valence-corrected chi connectivity index (χ4v) is 6.14. The minimum Gasteiger partial charge on any atom is -0.506 e. The zero-order chi connectivity index (χ0) is 28.3. The van der Waals surface area contributed by atoms with Gasteiger partial charge in [-0.25, -0.2) is 30.0 Å². The summed E-state index contributed by atoms with van der Waals surface area (Å²) in [4.78, 5) is 13.4. The maximum atomic E-state index is 14.2. The lowest BCUT2D eigenvalue weighted by Gasteiger charge is -2.22. The summed E-state index contributed by atoms with van der Waals surface area (Å²) in [5.41, 5.74) is -1.65. The first-order valence-electron chi connectivity index (χ1n) is 11.1. The molecule has 0 fully saturated rings. The lowest BCUT2D eigenvalue weighted by atomic mass is 10.1. The van der Waals surface area contributed by atoms with E-state index < -0.39 is 54.2 Å². The number of rotatable bonds is 5. The molecule has 3 N–H and O–H groups in total. The first-order valence-corrected chi connectivity index (χ1v) is 14.5. The highest BCUT2D eigenvalue weighted by Crippen LogP contribution is 2.38. The highest BCUT2D eigenvalue weighted by molar-refractivity contribution is 7.94. The van der Waals surface area contributed by atoms with Gasteiger partial charge < -0.3 is 15.0 Å². The number of halogens is 3. The number of fused-ring (bicyclic) bond motifs is 2. The Morgan fingerprint density at radius 2 is 1.67 bits per heavy atom. The Balaban J connectivity index is 1.72. The summed E-state index contributed by atoms with van der Waals surface area (Å²) >= 11 is 0. The van der Waals surface area contributed by atoms with Gasteiger partial charge in [-0.1, -0.05) is 12.1 Å². The third-order valence-electron chi connectivity index (χ3n) is 5.94. The van der Waals surface area contributed by atoms with Crippen LogP contribution in [0.3, 0.4) is 0 Å². The van der Waals surface area contributed by atoms with Gasteiger partial charge in [-0.05, 0) is 42.0 Å². The quantitative estimate of drug-likeness (QED) is 0.329. The van der Waals surface area contributed by atoms with Crippen molar-refractivity contribution in [3.8, 4) is 5.75 Å². The van der Waals surface area contributed by atoms with E-state index in [9.17, 15) is 39.9 Å². The predicted octanol–water partition coefficient (Wildman–Crippen LogP) is 3.74. The fraction of sp³-hybridized carbons (Fsp3) is 0.0800. The number of nitrogens with zero attached hydrogens (tertiary/aromatic N) is 1. The van der Waals surface area contributed by atoms with E-state index in [-0.39, 0.29) is 39.4 Å². The predicted molar refractivity (Wildman–Crippen MR) is 139 cm³/mol. The molecule has 39 heavy (non-hydrogen) atoms. The first-order chi connectivity index (χ1) is 18.2. The Labute approximate surface area is 219 Å². The third kappa shape index (κ3) is 4.95. The van der Waals surface area contributed by atoms with Gasteiger partial charge in [0.05, 0.1) is 40.0 Å². The maximum absolute atomic E-state index is 14.2. The highest BCUT2D eigenvalue weighted by atomic mass is 32.2. The second-order valence-electron chi connectivity index (χ2n) is 8.81. The number of benzene rings is 3. The van der Waals surface area contributed by atoms with Gasteiger partial charge in [0.15, 0.2) is 11.6 Å². The summed E-state index contributed by atoms with van der Waals surface area (Å²) in [6.45, 7) is -0.245. The molecule has 4 aromatic rings. The van der Waals surface area contributed by atoms with Gasteiger partial charge in [-0.2, -0.15) is 0 Å². The van der Waals surface area contributed by atoms with Crippen molar-refractivity contribution < 1.29 is 35.1 Å². The van der Waals surface area contributed by atoms with Crippen LogP contribution in [0.15, 0.2) is 69.7 Å². The van der Waals surface area contributed by atoms with Crippen LogP contribution in [0.2, 0.25) is 0 Å². The SMILES string of the molecule is CS(=O)(=O)Nc1ccc2c(c1)S(=O)(=O)C=C(c1c(O)c3cc(F)c(F)cc3n(Cc3ccc(F)cc3)c1=O)N2. The minimum absolute atomic E-state index is 0.0221. The summed E-state index contributed by atoms with van der Waals surface area (Å²) in [7, 11) is -7.99. The standard InChI is InChI=1S/C25H18F3N3O6S2/c1-38(34,35)30-15-6-7-19-22(8-15)39(36,37)12-20(29-19)23-24(32)16-9-17(27)18(28)10-21(16)31(25(23)33)11-13-2-4-14(26)5-3-13/h2-10,12,29-30,32H,11H2,1H3. The molecule has 0 saturated heterocycles. The Morgan fingerprint density at radius 1 is 1.00 bits per heavy atom. The van der Waals surface area contributed by atoms with E-state index in [1.165, 1.54) is 24.3 Å². The molecule has 0 spiro atoms. The summed E-state index contributed by atoms with van der Waals surface area (Å²) in [6.07, 6.45) is 0.894. The number of sulfone groups is 1. The van der Waals surface area contributed by atoms with E-state index in [0.29, 0.717) is 17.0 Å². The number of hydrogen-bond donors (Lipinski definition) is 3. The molecule has 0 unspecified atom stereocenters. The minimum atomic E-state index is -4.29. The molecule has 2 heterocycles. The second kappa shape index (κ2) is 9.17. The van der Waals surface area contributed by atoms with E-state index in [1.807, 2.05) is 0 Å². The Hall–Kier alpha value is -4.30. The van der Waals surface area contributed by atoms with Gasteiger partial charge in [0, 0.05) is 17.1 Å². The summed E-state index contributed by atoms with van der Waals surface area (Å²) in [5, 5.41) is 14.2. The molecule has 9 nitrogen and oxygen atoms in total. The normalized spacial score (nSPS) is 14.4. The number of hydrogen-bond acceptors (Lipinski definition) is 7. The summed E-state index contributed by atoms with van der Waals surface area (Å²) < 4.78 is 94.3. The Kier molecular flexibility index (Phi) is 6.18.